The van der Waals surface area contributed by atoms with Gasteiger partial charge in [-0.05, 0) is 11.1 Å². The van der Waals surface area contributed by atoms with Gasteiger partial charge in [-0.3, -0.25) is 4.79 Å². The molecule has 0 aliphatic carbocycles. The van der Waals surface area contributed by atoms with E-state index in [1.165, 1.54) is 6.33 Å². The van der Waals surface area contributed by atoms with Gasteiger partial charge in [-0.2, -0.15) is 0 Å². The van der Waals surface area contributed by atoms with Gasteiger partial charge in [0, 0.05) is 12.3 Å². The maximum absolute atomic E-state index is 12.9. The molecule has 0 saturated carbocycles. The van der Waals surface area contributed by atoms with E-state index in [1.807, 2.05) is 60.7 Å². The number of carbonyl (C=O) groups excluding carboxylic acids is 1. The zero-order chi connectivity index (χ0) is 20.1. The second-order valence-electron chi connectivity index (χ2n) is 6.60. The first kappa shape index (κ1) is 18.4. The minimum atomic E-state index is -0.144. The standard InChI is InChI=1S/C23H19N5O/c1-2-13-28-16-26-21-22(24-15-25-23(21)28)27-20(29)14-19(17-9-5-3-6-10-17)18-11-7-4-8-12-18/h1,3-12,15-16,19H,13-14H2,(H,24,25,27,29). The molecule has 2 aromatic heterocycles. The van der Waals surface area contributed by atoms with Gasteiger partial charge in [0.05, 0.1) is 12.9 Å². The molecule has 0 aliphatic rings. The summed E-state index contributed by atoms with van der Waals surface area (Å²) < 4.78 is 1.74. The van der Waals surface area contributed by atoms with Crippen LogP contribution in [0.25, 0.3) is 11.2 Å². The fraction of sp³-hybridized carbons (Fsp3) is 0.130. The SMILES string of the molecule is C#CCn1cnc2c(NC(=O)CC(c3ccccc3)c3ccccc3)ncnc21. The third-order valence-electron chi connectivity index (χ3n) is 4.71. The van der Waals surface area contributed by atoms with E-state index in [-0.39, 0.29) is 18.2 Å². The second-order valence-corrected chi connectivity index (χ2v) is 6.60. The van der Waals surface area contributed by atoms with Crippen LogP contribution >= 0.6 is 0 Å². The highest BCUT2D eigenvalue weighted by molar-refractivity contribution is 5.97. The topological polar surface area (TPSA) is 72.7 Å². The van der Waals surface area contributed by atoms with Gasteiger partial charge in [-0.1, -0.05) is 66.6 Å². The summed E-state index contributed by atoms with van der Waals surface area (Å²) in [6.45, 7) is 0.352. The number of terminal acetylenes is 1. The molecule has 4 aromatic rings. The van der Waals surface area contributed by atoms with Crippen molar-refractivity contribution in [2.24, 2.45) is 0 Å². The van der Waals surface area contributed by atoms with Crippen molar-refractivity contribution in [3.63, 3.8) is 0 Å². The van der Waals surface area contributed by atoms with Crippen LogP contribution < -0.4 is 5.32 Å². The van der Waals surface area contributed by atoms with Gasteiger partial charge in [0.1, 0.15) is 6.33 Å². The van der Waals surface area contributed by atoms with Crippen LogP contribution in [0.1, 0.15) is 23.5 Å². The number of benzene rings is 2. The van der Waals surface area contributed by atoms with E-state index in [9.17, 15) is 4.79 Å². The highest BCUT2D eigenvalue weighted by atomic mass is 16.1. The number of imidazole rings is 1. The molecule has 29 heavy (non-hydrogen) atoms. The monoisotopic (exact) mass is 381 g/mol. The largest absolute Gasteiger partial charge is 0.309 e. The number of fused-ring (bicyclic) bond motifs is 1. The van der Waals surface area contributed by atoms with E-state index < -0.39 is 0 Å². The Morgan fingerprint density at radius 3 is 2.28 bits per heavy atom. The molecule has 0 atom stereocenters. The molecule has 0 fully saturated rings. The summed E-state index contributed by atoms with van der Waals surface area (Å²) >= 11 is 0. The van der Waals surface area contributed by atoms with Crippen LogP contribution in [0.15, 0.2) is 73.3 Å². The maximum atomic E-state index is 12.9. The smallest absolute Gasteiger partial charge is 0.226 e. The van der Waals surface area contributed by atoms with E-state index in [4.69, 9.17) is 6.42 Å². The van der Waals surface area contributed by atoms with Gasteiger partial charge in [0.2, 0.25) is 5.91 Å². The number of carbonyl (C=O) groups is 1. The predicted molar refractivity (Wildman–Crippen MR) is 112 cm³/mol. The molecule has 0 bridgehead atoms. The number of hydrogen-bond donors (Lipinski definition) is 1. The first-order valence-corrected chi connectivity index (χ1v) is 9.25. The van der Waals surface area contributed by atoms with Gasteiger partial charge in [0.25, 0.3) is 0 Å². The normalized spacial score (nSPS) is 10.8. The third-order valence-corrected chi connectivity index (χ3v) is 4.71. The lowest BCUT2D eigenvalue weighted by atomic mass is 9.88. The van der Waals surface area contributed by atoms with Gasteiger partial charge in [-0.25, -0.2) is 15.0 Å². The number of nitrogens with one attached hydrogen (secondary N) is 1. The lowest BCUT2D eigenvalue weighted by Gasteiger charge is -2.17. The molecule has 0 unspecified atom stereocenters. The lowest BCUT2D eigenvalue weighted by Crippen LogP contribution is -2.17. The number of hydrogen-bond acceptors (Lipinski definition) is 4. The average Bonchev–Trinajstić information content (AvgIpc) is 3.18. The van der Waals surface area contributed by atoms with E-state index in [0.29, 0.717) is 23.5 Å². The van der Waals surface area contributed by atoms with Gasteiger partial charge in [-0.15, -0.1) is 6.42 Å². The Kier molecular flexibility index (Phi) is 5.30. The van der Waals surface area contributed by atoms with Crippen molar-refractivity contribution >= 4 is 22.9 Å². The summed E-state index contributed by atoms with van der Waals surface area (Å²) in [5.74, 6) is 2.74. The molecule has 4 rings (SSSR count). The lowest BCUT2D eigenvalue weighted by molar-refractivity contribution is -0.116. The average molecular weight is 381 g/mol. The van der Waals surface area contributed by atoms with Crippen LogP contribution in [0.4, 0.5) is 5.82 Å². The molecule has 1 amide bonds. The summed E-state index contributed by atoms with van der Waals surface area (Å²) in [4.78, 5) is 25.6. The molecule has 2 heterocycles. The third kappa shape index (κ3) is 3.99. The molecular weight excluding hydrogens is 362 g/mol. The van der Waals surface area contributed by atoms with Crippen LogP contribution in [-0.4, -0.2) is 25.4 Å². The molecule has 142 valence electrons. The van der Waals surface area contributed by atoms with Crippen molar-refractivity contribution < 1.29 is 4.79 Å². The Morgan fingerprint density at radius 1 is 1.00 bits per heavy atom. The van der Waals surface area contributed by atoms with E-state index in [0.717, 1.165) is 11.1 Å². The molecule has 0 radical (unpaired) electrons. The van der Waals surface area contributed by atoms with Crippen LogP contribution in [0.3, 0.4) is 0 Å². The molecule has 1 N–H and O–H groups in total. The number of aromatic nitrogens is 4. The predicted octanol–water partition coefficient (Wildman–Crippen LogP) is 3.62. The molecule has 6 nitrogen and oxygen atoms in total. The zero-order valence-corrected chi connectivity index (χ0v) is 15.7. The summed E-state index contributed by atoms with van der Waals surface area (Å²) in [6, 6.07) is 20.0. The van der Waals surface area contributed by atoms with Crippen molar-refractivity contribution in [1.29, 1.82) is 0 Å². The van der Waals surface area contributed by atoms with Crippen molar-refractivity contribution in [1.82, 2.24) is 19.5 Å². The first-order chi connectivity index (χ1) is 14.3. The van der Waals surface area contributed by atoms with Gasteiger partial charge >= 0.3 is 0 Å². The summed E-state index contributed by atoms with van der Waals surface area (Å²) in [7, 11) is 0. The van der Waals surface area contributed by atoms with Gasteiger partial charge in [0.15, 0.2) is 17.0 Å². The Labute approximate surface area is 168 Å². The number of amides is 1. The molecule has 0 spiro atoms. The van der Waals surface area contributed by atoms with Crippen LogP contribution in [0.5, 0.6) is 0 Å². The Morgan fingerprint density at radius 2 is 1.66 bits per heavy atom. The van der Waals surface area contributed by atoms with Crippen molar-refractivity contribution in [3.8, 4) is 12.3 Å². The summed E-state index contributed by atoms with van der Waals surface area (Å²) in [5, 5.41) is 2.89. The fourth-order valence-electron chi connectivity index (χ4n) is 3.35. The maximum Gasteiger partial charge on any atom is 0.226 e. The minimum absolute atomic E-state index is 0.0614. The fourth-order valence-corrected chi connectivity index (χ4v) is 3.35. The van der Waals surface area contributed by atoms with E-state index >= 15 is 0 Å². The van der Waals surface area contributed by atoms with Crippen molar-refractivity contribution in [2.75, 3.05) is 5.32 Å². The van der Waals surface area contributed by atoms with Crippen LogP contribution in [0.2, 0.25) is 0 Å². The van der Waals surface area contributed by atoms with Gasteiger partial charge < -0.3 is 9.88 Å². The highest BCUT2D eigenvalue weighted by Gasteiger charge is 2.19. The first-order valence-electron chi connectivity index (χ1n) is 9.25. The Balaban J connectivity index is 1.59. The Bertz CT molecular complexity index is 1120. The van der Waals surface area contributed by atoms with Crippen molar-refractivity contribution in [3.05, 3.63) is 84.4 Å². The highest BCUT2D eigenvalue weighted by Crippen LogP contribution is 2.28. The molecule has 0 saturated heterocycles. The molecule has 0 aliphatic heterocycles. The van der Waals surface area contributed by atoms with E-state index in [2.05, 4.69) is 26.2 Å². The van der Waals surface area contributed by atoms with Crippen LogP contribution in [-0.2, 0) is 11.3 Å². The number of nitrogens with zero attached hydrogens (tertiary/aromatic N) is 4. The summed E-state index contributed by atoms with van der Waals surface area (Å²) in [5.41, 5.74) is 3.28. The van der Waals surface area contributed by atoms with Crippen LogP contribution in [0, 0.1) is 12.3 Å². The molecule has 2 aromatic carbocycles. The van der Waals surface area contributed by atoms with E-state index in [1.54, 1.807) is 10.9 Å². The zero-order valence-electron chi connectivity index (χ0n) is 15.7. The Hall–Kier alpha value is -3.98. The second kappa shape index (κ2) is 8.36. The molecular formula is C23H19N5O. The van der Waals surface area contributed by atoms with Crippen molar-refractivity contribution in [2.45, 2.75) is 18.9 Å². The number of anilines is 1. The minimum Gasteiger partial charge on any atom is -0.309 e. The number of rotatable bonds is 6. The molecule has 6 heteroatoms. The quantitative estimate of drug-likeness (QED) is 0.518. The summed E-state index contributed by atoms with van der Waals surface area (Å²) in [6.07, 6.45) is 8.67.